The quantitative estimate of drug-likeness (QED) is 0.543. The highest BCUT2D eigenvalue weighted by Crippen LogP contribution is 2.34. The standard InChI is InChI=1S/C23H18Cl2FN3O2/c24-16-5-3-4-15(12-16)13-22(30)28-10-11-29(21-7-2-1-6-20(21)28)23(31)27-17-8-9-19(26)18(25)14-17/h1-9,12,14H,10-11,13H2,(H,27,31). The number of urea groups is 1. The molecule has 4 rings (SSSR count). The van der Waals surface area contributed by atoms with E-state index in [0.29, 0.717) is 35.2 Å². The average molecular weight is 458 g/mol. The van der Waals surface area contributed by atoms with Crippen LogP contribution in [-0.2, 0) is 11.2 Å². The topological polar surface area (TPSA) is 52.7 Å². The predicted molar refractivity (Wildman–Crippen MR) is 122 cm³/mol. The van der Waals surface area contributed by atoms with Crippen LogP contribution in [0.3, 0.4) is 0 Å². The number of hydrogen-bond donors (Lipinski definition) is 1. The monoisotopic (exact) mass is 457 g/mol. The van der Waals surface area contributed by atoms with Crippen molar-refractivity contribution in [2.45, 2.75) is 6.42 Å². The number of benzene rings is 3. The van der Waals surface area contributed by atoms with Gasteiger partial charge in [-0.15, -0.1) is 0 Å². The van der Waals surface area contributed by atoms with Crippen LogP contribution in [0.4, 0.5) is 26.2 Å². The van der Waals surface area contributed by atoms with Crippen LogP contribution in [0.15, 0.2) is 66.7 Å². The first kappa shape index (κ1) is 21.2. The van der Waals surface area contributed by atoms with Gasteiger partial charge in [0.05, 0.1) is 22.8 Å². The summed E-state index contributed by atoms with van der Waals surface area (Å²) in [5, 5.41) is 3.23. The fraction of sp³-hybridized carbons (Fsp3) is 0.130. The summed E-state index contributed by atoms with van der Waals surface area (Å²) in [5.41, 5.74) is 2.46. The summed E-state index contributed by atoms with van der Waals surface area (Å²) < 4.78 is 13.4. The SMILES string of the molecule is O=C(Cc1cccc(Cl)c1)N1CCN(C(=O)Nc2ccc(F)c(Cl)c2)c2ccccc21. The zero-order valence-corrected chi connectivity index (χ0v) is 17.8. The van der Waals surface area contributed by atoms with Crippen molar-refractivity contribution >= 4 is 52.2 Å². The Morgan fingerprint density at radius 3 is 2.32 bits per heavy atom. The number of hydrogen-bond acceptors (Lipinski definition) is 2. The van der Waals surface area contributed by atoms with Gasteiger partial charge in [-0.05, 0) is 48.0 Å². The summed E-state index contributed by atoms with van der Waals surface area (Å²) in [6, 6.07) is 18.0. The van der Waals surface area contributed by atoms with E-state index in [1.165, 1.54) is 18.2 Å². The zero-order chi connectivity index (χ0) is 22.0. The molecule has 1 N–H and O–H groups in total. The van der Waals surface area contributed by atoms with Gasteiger partial charge in [-0.3, -0.25) is 9.69 Å². The first-order valence-electron chi connectivity index (χ1n) is 9.60. The molecule has 0 saturated carbocycles. The maximum absolute atomic E-state index is 13.4. The summed E-state index contributed by atoms with van der Waals surface area (Å²) in [5.74, 6) is -0.642. The zero-order valence-electron chi connectivity index (χ0n) is 16.3. The maximum Gasteiger partial charge on any atom is 0.326 e. The minimum atomic E-state index is -0.558. The molecule has 0 bridgehead atoms. The second kappa shape index (κ2) is 8.96. The molecule has 3 aromatic rings. The molecule has 0 atom stereocenters. The Balaban J connectivity index is 1.54. The smallest absolute Gasteiger partial charge is 0.308 e. The molecule has 0 aromatic heterocycles. The molecular weight excluding hydrogens is 440 g/mol. The number of carbonyl (C=O) groups is 2. The van der Waals surface area contributed by atoms with Crippen LogP contribution < -0.4 is 15.1 Å². The molecule has 3 amide bonds. The van der Waals surface area contributed by atoms with Crippen LogP contribution >= 0.6 is 23.2 Å². The van der Waals surface area contributed by atoms with Crippen LogP contribution in [0.2, 0.25) is 10.0 Å². The number of fused-ring (bicyclic) bond motifs is 1. The lowest BCUT2D eigenvalue weighted by molar-refractivity contribution is -0.118. The van der Waals surface area contributed by atoms with E-state index in [0.717, 1.165) is 5.56 Å². The summed E-state index contributed by atoms with van der Waals surface area (Å²) in [7, 11) is 0. The lowest BCUT2D eigenvalue weighted by atomic mass is 10.1. The van der Waals surface area contributed by atoms with Crippen LogP contribution in [0.25, 0.3) is 0 Å². The number of anilines is 3. The molecule has 0 unspecified atom stereocenters. The van der Waals surface area contributed by atoms with Crippen molar-refractivity contribution in [2.75, 3.05) is 28.2 Å². The molecule has 5 nitrogen and oxygen atoms in total. The van der Waals surface area contributed by atoms with Gasteiger partial charge in [0.25, 0.3) is 0 Å². The fourth-order valence-corrected chi connectivity index (χ4v) is 3.91. The molecule has 158 valence electrons. The minimum absolute atomic E-state index is 0.0744. The molecule has 0 radical (unpaired) electrons. The fourth-order valence-electron chi connectivity index (χ4n) is 3.51. The summed E-state index contributed by atoms with van der Waals surface area (Å²) in [6.45, 7) is 0.646. The number of rotatable bonds is 3. The first-order valence-corrected chi connectivity index (χ1v) is 10.4. The minimum Gasteiger partial charge on any atom is -0.308 e. The second-order valence-corrected chi connectivity index (χ2v) is 7.90. The molecule has 31 heavy (non-hydrogen) atoms. The van der Waals surface area contributed by atoms with Crippen LogP contribution in [0.5, 0.6) is 0 Å². The Hall–Kier alpha value is -3.09. The van der Waals surface area contributed by atoms with E-state index in [4.69, 9.17) is 23.2 Å². The van der Waals surface area contributed by atoms with E-state index in [2.05, 4.69) is 5.32 Å². The molecule has 1 aliphatic rings. The van der Waals surface area contributed by atoms with Crippen LogP contribution in [0.1, 0.15) is 5.56 Å². The van der Waals surface area contributed by atoms with E-state index in [1.54, 1.807) is 40.1 Å². The second-order valence-electron chi connectivity index (χ2n) is 7.05. The molecular formula is C23H18Cl2FN3O2. The maximum atomic E-state index is 13.4. The number of nitrogens with zero attached hydrogens (tertiary/aromatic N) is 2. The Labute approximate surface area is 189 Å². The van der Waals surface area contributed by atoms with Crippen LogP contribution in [-0.4, -0.2) is 25.0 Å². The van der Waals surface area contributed by atoms with Gasteiger partial charge >= 0.3 is 6.03 Å². The van der Waals surface area contributed by atoms with E-state index < -0.39 is 11.8 Å². The van der Waals surface area contributed by atoms with Crippen molar-refractivity contribution in [1.29, 1.82) is 0 Å². The van der Waals surface area contributed by atoms with Gasteiger partial charge in [0.2, 0.25) is 5.91 Å². The van der Waals surface area contributed by atoms with Crippen molar-refractivity contribution < 1.29 is 14.0 Å². The Morgan fingerprint density at radius 1 is 0.903 bits per heavy atom. The third-order valence-corrected chi connectivity index (χ3v) is 5.50. The normalized spacial score (nSPS) is 13.0. The summed E-state index contributed by atoms with van der Waals surface area (Å²) >= 11 is 11.8. The number of nitrogens with one attached hydrogen (secondary N) is 1. The predicted octanol–water partition coefficient (Wildman–Crippen LogP) is 5.76. The molecule has 0 aliphatic carbocycles. The Bertz CT molecular complexity index is 1160. The van der Waals surface area contributed by atoms with Gasteiger partial charge < -0.3 is 10.2 Å². The van der Waals surface area contributed by atoms with Crippen molar-refractivity contribution in [2.24, 2.45) is 0 Å². The van der Waals surface area contributed by atoms with E-state index >= 15 is 0 Å². The summed E-state index contributed by atoms with van der Waals surface area (Å²) in [6.07, 6.45) is 0.204. The van der Waals surface area contributed by atoms with Gasteiger partial charge in [-0.2, -0.15) is 0 Å². The number of carbonyl (C=O) groups excluding carboxylic acids is 2. The lowest BCUT2D eigenvalue weighted by Crippen LogP contribution is -2.48. The number of para-hydroxylation sites is 2. The highest BCUT2D eigenvalue weighted by Gasteiger charge is 2.30. The van der Waals surface area contributed by atoms with E-state index in [1.807, 2.05) is 18.2 Å². The third kappa shape index (κ3) is 4.65. The van der Waals surface area contributed by atoms with Crippen molar-refractivity contribution in [3.63, 3.8) is 0 Å². The molecule has 0 fully saturated rings. The van der Waals surface area contributed by atoms with E-state index in [-0.39, 0.29) is 17.4 Å². The third-order valence-electron chi connectivity index (χ3n) is 4.97. The number of halogens is 3. The first-order chi connectivity index (χ1) is 14.9. The van der Waals surface area contributed by atoms with E-state index in [9.17, 15) is 14.0 Å². The number of amides is 3. The molecule has 3 aromatic carbocycles. The van der Waals surface area contributed by atoms with Crippen molar-refractivity contribution in [1.82, 2.24) is 0 Å². The van der Waals surface area contributed by atoms with Gasteiger partial charge in [0, 0.05) is 23.8 Å². The van der Waals surface area contributed by atoms with Gasteiger partial charge in [0.15, 0.2) is 0 Å². The molecule has 0 spiro atoms. The van der Waals surface area contributed by atoms with Crippen molar-refractivity contribution in [3.05, 3.63) is 88.2 Å². The van der Waals surface area contributed by atoms with Gasteiger partial charge in [0.1, 0.15) is 5.82 Å². The highest BCUT2D eigenvalue weighted by atomic mass is 35.5. The molecule has 0 saturated heterocycles. The Kier molecular flexibility index (Phi) is 6.11. The highest BCUT2D eigenvalue weighted by molar-refractivity contribution is 6.31. The van der Waals surface area contributed by atoms with Gasteiger partial charge in [-0.25, -0.2) is 9.18 Å². The lowest BCUT2D eigenvalue weighted by Gasteiger charge is -2.36. The van der Waals surface area contributed by atoms with Crippen molar-refractivity contribution in [3.8, 4) is 0 Å². The summed E-state index contributed by atoms with van der Waals surface area (Å²) in [4.78, 5) is 29.1. The largest absolute Gasteiger partial charge is 0.326 e. The van der Waals surface area contributed by atoms with Gasteiger partial charge in [-0.1, -0.05) is 47.5 Å². The molecule has 1 heterocycles. The average Bonchev–Trinajstić information content (AvgIpc) is 2.75. The molecule has 8 heteroatoms. The van der Waals surface area contributed by atoms with Crippen LogP contribution in [0, 0.1) is 5.82 Å². The molecule has 1 aliphatic heterocycles. The Morgan fingerprint density at radius 2 is 1.61 bits per heavy atom.